The van der Waals surface area contributed by atoms with Crippen molar-refractivity contribution in [3.8, 4) is 0 Å². The van der Waals surface area contributed by atoms with Gasteiger partial charge < -0.3 is 15.8 Å². The highest BCUT2D eigenvalue weighted by molar-refractivity contribution is 6.01. The number of aromatic nitrogens is 1. The lowest BCUT2D eigenvalue weighted by Crippen LogP contribution is -2.50. The first-order valence-electron chi connectivity index (χ1n) is 7.51. The van der Waals surface area contributed by atoms with E-state index in [-0.39, 0.29) is 5.84 Å². The number of piperazine rings is 1. The summed E-state index contributed by atoms with van der Waals surface area (Å²) in [5.41, 5.74) is 7.40. The minimum atomic E-state index is 0.113. The van der Waals surface area contributed by atoms with Crippen molar-refractivity contribution in [3.63, 3.8) is 0 Å². The Hall–Kier alpha value is -1.82. The highest BCUT2D eigenvalue weighted by Crippen LogP contribution is 2.21. The van der Waals surface area contributed by atoms with Gasteiger partial charge in [-0.25, -0.2) is 4.98 Å². The van der Waals surface area contributed by atoms with Gasteiger partial charge in [0.1, 0.15) is 5.82 Å². The summed E-state index contributed by atoms with van der Waals surface area (Å²) in [7, 11) is 0. The Balaban J connectivity index is 2.18. The van der Waals surface area contributed by atoms with Crippen LogP contribution in [0.15, 0.2) is 17.3 Å². The Morgan fingerprint density at radius 3 is 2.62 bits per heavy atom. The Morgan fingerprint density at radius 1 is 1.38 bits per heavy atom. The standard InChI is InChI=1S/C15H25N5O/c1-4-12(3)19-7-9-20(10-8-19)15-13(14(16)18-21)6-5-11(2)17-15/h5-6,12,21H,4,7-10H2,1-3H3,(H2,16,18). The smallest absolute Gasteiger partial charge is 0.173 e. The van der Waals surface area contributed by atoms with E-state index < -0.39 is 0 Å². The monoisotopic (exact) mass is 291 g/mol. The number of nitrogens with two attached hydrogens (primary N) is 1. The molecule has 3 N–H and O–H groups in total. The minimum Gasteiger partial charge on any atom is -0.409 e. The van der Waals surface area contributed by atoms with Crippen molar-refractivity contribution < 1.29 is 5.21 Å². The zero-order valence-corrected chi connectivity index (χ0v) is 13.1. The van der Waals surface area contributed by atoms with Crippen LogP contribution in [0.4, 0.5) is 5.82 Å². The molecule has 1 aliphatic heterocycles. The number of pyridine rings is 1. The van der Waals surface area contributed by atoms with Crippen LogP contribution in [0.25, 0.3) is 0 Å². The molecule has 1 saturated heterocycles. The van der Waals surface area contributed by atoms with Crippen LogP contribution in [0, 0.1) is 6.92 Å². The fourth-order valence-corrected chi connectivity index (χ4v) is 2.67. The van der Waals surface area contributed by atoms with Crippen molar-refractivity contribution in [1.29, 1.82) is 0 Å². The van der Waals surface area contributed by atoms with Crippen molar-refractivity contribution in [2.24, 2.45) is 10.9 Å². The van der Waals surface area contributed by atoms with Crippen LogP contribution in [-0.4, -0.2) is 53.1 Å². The summed E-state index contributed by atoms with van der Waals surface area (Å²) in [6, 6.07) is 4.36. The molecular weight excluding hydrogens is 266 g/mol. The molecule has 0 bridgehead atoms. The molecule has 0 aliphatic carbocycles. The van der Waals surface area contributed by atoms with Crippen molar-refractivity contribution in [2.45, 2.75) is 33.2 Å². The summed E-state index contributed by atoms with van der Waals surface area (Å²) in [5, 5.41) is 12.1. The van der Waals surface area contributed by atoms with Gasteiger partial charge in [-0.05, 0) is 32.4 Å². The van der Waals surface area contributed by atoms with Crippen molar-refractivity contribution in [2.75, 3.05) is 31.1 Å². The highest BCUT2D eigenvalue weighted by Gasteiger charge is 2.23. The molecular formula is C15H25N5O. The van der Waals surface area contributed by atoms with Crippen LogP contribution in [0.2, 0.25) is 0 Å². The molecule has 6 heteroatoms. The maximum atomic E-state index is 8.94. The van der Waals surface area contributed by atoms with E-state index >= 15 is 0 Å². The topological polar surface area (TPSA) is 78.0 Å². The van der Waals surface area contributed by atoms with Crippen molar-refractivity contribution >= 4 is 11.7 Å². The number of rotatable bonds is 4. The first kappa shape index (κ1) is 15.6. The summed E-state index contributed by atoms with van der Waals surface area (Å²) in [5.74, 6) is 0.927. The van der Waals surface area contributed by atoms with Gasteiger partial charge in [-0.15, -0.1) is 0 Å². The van der Waals surface area contributed by atoms with E-state index in [1.807, 2.05) is 19.1 Å². The highest BCUT2D eigenvalue weighted by atomic mass is 16.4. The fourth-order valence-electron chi connectivity index (χ4n) is 2.67. The molecule has 1 aromatic rings. The molecule has 0 saturated carbocycles. The average Bonchev–Trinajstić information content (AvgIpc) is 2.53. The quantitative estimate of drug-likeness (QED) is 0.379. The predicted molar refractivity (Wildman–Crippen MR) is 85.0 cm³/mol. The van der Waals surface area contributed by atoms with Gasteiger partial charge in [0.15, 0.2) is 5.84 Å². The molecule has 1 aliphatic rings. The lowest BCUT2D eigenvalue weighted by Gasteiger charge is -2.39. The zero-order chi connectivity index (χ0) is 15.4. The number of hydrogen-bond acceptors (Lipinski definition) is 5. The SMILES string of the molecule is CCC(C)N1CCN(c2nc(C)ccc2C(N)=NO)CC1. The Kier molecular flexibility index (Phi) is 5.01. The molecule has 1 aromatic heterocycles. The molecule has 1 atom stereocenters. The minimum absolute atomic E-state index is 0.113. The number of oxime groups is 1. The Bertz CT molecular complexity index is 509. The van der Waals surface area contributed by atoms with E-state index in [9.17, 15) is 0 Å². The zero-order valence-electron chi connectivity index (χ0n) is 13.1. The lowest BCUT2D eigenvalue weighted by molar-refractivity contribution is 0.192. The van der Waals surface area contributed by atoms with E-state index in [2.05, 4.69) is 33.8 Å². The van der Waals surface area contributed by atoms with Gasteiger partial charge in [-0.2, -0.15) is 0 Å². The number of aryl methyl sites for hydroxylation is 1. The molecule has 6 nitrogen and oxygen atoms in total. The summed E-state index contributed by atoms with van der Waals surface area (Å²) >= 11 is 0. The third-order valence-corrected chi connectivity index (χ3v) is 4.23. The Labute approximate surface area is 126 Å². The van der Waals surface area contributed by atoms with Crippen molar-refractivity contribution in [3.05, 3.63) is 23.4 Å². The molecule has 2 heterocycles. The molecule has 1 unspecified atom stereocenters. The predicted octanol–water partition coefficient (Wildman–Crippen LogP) is 1.41. The largest absolute Gasteiger partial charge is 0.409 e. The number of anilines is 1. The first-order valence-corrected chi connectivity index (χ1v) is 7.51. The van der Waals surface area contributed by atoms with E-state index in [1.54, 1.807) is 0 Å². The molecule has 116 valence electrons. The summed E-state index contributed by atoms with van der Waals surface area (Å²) in [6.45, 7) is 10.3. The molecule has 2 rings (SSSR count). The third kappa shape index (κ3) is 3.44. The number of hydrogen-bond donors (Lipinski definition) is 2. The van der Waals surface area contributed by atoms with Gasteiger partial charge in [0.25, 0.3) is 0 Å². The van der Waals surface area contributed by atoms with Crippen LogP contribution in [0.3, 0.4) is 0 Å². The maximum Gasteiger partial charge on any atom is 0.173 e. The summed E-state index contributed by atoms with van der Waals surface area (Å²) in [4.78, 5) is 9.31. The molecule has 1 fully saturated rings. The summed E-state index contributed by atoms with van der Waals surface area (Å²) in [6.07, 6.45) is 1.16. The fraction of sp³-hybridized carbons (Fsp3) is 0.600. The third-order valence-electron chi connectivity index (χ3n) is 4.23. The molecule has 0 aromatic carbocycles. The van der Waals surface area contributed by atoms with E-state index in [0.717, 1.165) is 44.1 Å². The Morgan fingerprint density at radius 2 is 2.05 bits per heavy atom. The van der Waals surface area contributed by atoms with E-state index in [4.69, 9.17) is 10.9 Å². The van der Waals surface area contributed by atoms with Crippen LogP contribution < -0.4 is 10.6 Å². The second-order valence-corrected chi connectivity index (χ2v) is 5.59. The van der Waals surface area contributed by atoms with Crippen LogP contribution >= 0.6 is 0 Å². The van der Waals surface area contributed by atoms with Gasteiger partial charge in [0, 0.05) is 37.9 Å². The lowest BCUT2D eigenvalue weighted by atomic mass is 10.1. The normalized spacial score (nSPS) is 18.8. The maximum absolute atomic E-state index is 8.94. The van der Waals surface area contributed by atoms with Gasteiger partial charge in [0.2, 0.25) is 0 Å². The average molecular weight is 291 g/mol. The number of nitrogens with zero attached hydrogens (tertiary/aromatic N) is 4. The number of amidine groups is 1. The van der Waals surface area contributed by atoms with Gasteiger partial charge in [0.05, 0.1) is 5.56 Å². The van der Waals surface area contributed by atoms with Crippen LogP contribution in [0.1, 0.15) is 31.5 Å². The molecule has 0 radical (unpaired) electrons. The van der Waals surface area contributed by atoms with Gasteiger partial charge >= 0.3 is 0 Å². The second kappa shape index (κ2) is 6.76. The van der Waals surface area contributed by atoms with Crippen LogP contribution in [0.5, 0.6) is 0 Å². The van der Waals surface area contributed by atoms with Crippen LogP contribution in [-0.2, 0) is 0 Å². The molecule has 0 spiro atoms. The molecule has 0 amide bonds. The molecule has 21 heavy (non-hydrogen) atoms. The first-order chi connectivity index (χ1) is 10.1. The van der Waals surface area contributed by atoms with Gasteiger partial charge in [-0.3, -0.25) is 4.90 Å². The second-order valence-electron chi connectivity index (χ2n) is 5.59. The summed E-state index contributed by atoms with van der Waals surface area (Å²) < 4.78 is 0. The van der Waals surface area contributed by atoms with E-state index in [0.29, 0.717) is 11.6 Å². The van der Waals surface area contributed by atoms with E-state index in [1.165, 1.54) is 0 Å². The van der Waals surface area contributed by atoms with Gasteiger partial charge in [-0.1, -0.05) is 12.1 Å². The van der Waals surface area contributed by atoms with Crippen molar-refractivity contribution in [1.82, 2.24) is 9.88 Å².